The molecule has 0 radical (unpaired) electrons. The summed E-state index contributed by atoms with van der Waals surface area (Å²) in [5, 5.41) is 2.02. The zero-order chi connectivity index (χ0) is 25.8. The Morgan fingerprint density at radius 3 is 2.25 bits per heavy atom. The zero-order valence-corrected chi connectivity index (χ0v) is 22.3. The topological polar surface area (TPSA) is 59.1 Å². The molecule has 0 saturated carbocycles. The van der Waals surface area contributed by atoms with Gasteiger partial charge in [0.15, 0.2) is 11.5 Å². The van der Waals surface area contributed by atoms with Gasteiger partial charge in [0.1, 0.15) is 0 Å². The van der Waals surface area contributed by atoms with Crippen molar-refractivity contribution in [3.05, 3.63) is 82.0 Å². The smallest absolute Gasteiger partial charge is 0.242 e. The van der Waals surface area contributed by atoms with E-state index in [2.05, 4.69) is 0 Å². The molecule has 1 heterocycles. The maximum atomic E-state index is 13.5. The van der Waals surface area contributed by atoms with Gasteiger partial charge in [0.05, 0.1) is 27.3 Å². The molecule has 192 valence electrons. The Morgan fingerprint density at radius 1 is 0.806 bits per heavy atom. The van der Waals surface area contributed by atoms with E-state index in [-0.39, 0.29) is 18.4 Å². The molecule has 3 aromatic rings. The summed E-state index contributed by atoms with van der Waals surface area (Å²) in [6.07, 6.45) is 2.55. The quantitative estimate of drug-likeness (QED) is 0.300. The van der Waals surface area contributed by atoms with Gasteiger partial charge >= 0.3 is 0 Å². The first-order chi connectivity index (χ1) is 17.5. The predicted octanol–water partition coefficient (Wildman–Crippen LogP) is 5.21. The second-order valence-electron chi connectivity index (χ2n) is 8.63. The highest BCUT2D eigenvalue weighted by Crippen LogP contribution is 2.28. The fraction of sp³-hybridized carbons (Fsp3) is 0.379. The van der Waals surface area contributed by atoms with E-state index in [0.29, 0.717) is 50.4 Å². The van der Waals surface area contributed by atoms with E-state index in [0.717, 1.165) is 22.4 Å². The first kappa shape index (κ1) is 27.3. The molecule has 3 rings (SSSR count). The summed E-state index contributed by atoms with van der Waals surface area (Å²) in [4.78, 5) is 31.2. The zero-order valence-electron chi connectivity index (χ0n) is 21.4. The Balaban J connectivity index is 1.67. The number of carbonyl (C=O) groups is 2. The molecule has 0 bridgehead atoms. The summed E-state index contributed by atoms with van der Waals surface area (Å²) < 4.78 is 10.8. The molecule has 0 aliphatic carbocycles. The molecular formula is C29H36N2O4S. The second-order valence-corrected chi connectivity index (χ2v) is 9.67. The Bertz CT molecular complexity index is 1090. The van der Waals surface area contributed by atoms with Crippen LogP contribution in [0.25, 0.3) is 0 Å². The standard InChI is InChI=1S/C29H36N2O4S/c1-4-17-30(28(32)15-13-23-9-6-5-7-10-23)22-29(33)31(21-25-11-8-19-36-25)18-16-24-12-14-26(34-2)27(20-24)35-3/h5-12,14,19-20H,4,13,15-18,21-22H2,1-3H3. The second kappa shape index (κ2) is 14.3. The minimum absolute atomic E-state index is 0.0185. The van der Waals surface area contributed by atoms with Crippen molar-refractivity contribution in [3.63, 3.8) is 0 Å². The number of hydrogen-bond donors (Lipinski definition) is 0. The lowest BCUT2D eigenvalue weighted by Gasteiger charge is -2.27. The number of thiophene rings is 1. The van der Waals surface area contributed by atoms with Gasteiger partial charge in [-0.1, -0.05) is 49.4 Å². The molecule has 0 aliphatic heterocycles. The highest BCUT2D eigenvalue weighted by atomic mass is 32.1. The van der Waals surface area contributed by atoms with Crippen LogP contribution >= 0.6 is 11.3 Å². The number of amides is 2. The molecule has 0 aliphatic rings. The van der Waals surface area contributed by atoms with Crippen LogP contribution in [0.5, 0.6) is 11.5 Å². The lowest BCUT2D eigenvalue weighted by atomic mass is 10.1. The fourth-order valence-corrected chi connectivity index (χ4v) is 4.78. The van der Waals surface area contributed by atoms with Crippen molar-refractivity contribution in [2.24, 2.45) is 0 Å². The molecule has 7 heteroatoms. The van der Waals surface area contributed by atoms with Crippen LogP contribution in [-0.4, -0.2) is 55.5 Å². The van der Waals surface area contributed by atoms with Crippen molar-refractivity contribution in [2.45, 2.75) is 39.2 Å². The molecule has 0 unspecified atom stereocenters. The van der Waals surface area contributed by atoms with Crippen LogP contribution in [0.1, 0.15) is 35.8 Å². The lowest BCUT2D eigenvalue weighted by molar-refractivity contribution is -0.140. The van der Waals surface area contributed by atoms with Crippen LogP contribution in [0, 0.1) is 0 Å². The van der Waals surface area contributed by atoms with Gasteiger partial charge in [-0.3, -0.25) is 9.59 Å². The predicted molar refractivity (Wildman–Crippen MR) is 145 cm³/mol. The van der Waals surface area contributed by atoms with Crippen LogP contribution < -0.4 is 9.47 Å². The minimum atomic E-state index is -0.0367. The van der Waals surface area contributed by atoms with Gasteiger partial charge in [-0.15, -0.1) is 11.3 Å². The Morgan fingerprint density at radius 2 is 1.58 bits per heavy atom. The molecule has 2 amide bonds. The van der Waals surface area contributed by atoms with Gasteiger partial charge in [-0.2, -0.15) is 0 Å². The van der Waals surface area contributed by atoms with Crippen LogP contribution in [0.4, 0.5) is 0 Å². The first-order valence-electron chi connectivity index (χ1n) is 12.4. The third-order valence-corrected chi connectivity index (χ3v) is 6.90. The molecule has 6 nitrogen and oxygen atoms in total. The van der Waals surface area contributed by atoms with Crippen LogP contribution in [0.3, 0.4) is 0 Å². The van der Waals surface area contributed by atoms with Crippen LogP contribution in [0.15, 0.2) is 66.0 Å². The molecule has 0 saturated heterocycles. The average Bonchev–Trinajstić information content (AvgIpc) is 3.43. The van der Waals surface area contributed by atoms with Crippen molar-refractivity contribution in [2.75, 3.05) is 33.9 Å². The van der Waals surface area contributed by atoms with Crippen molar-refractivity contribution in [1.29, 1.82) is 0 Å². The summed E-state index contributed by atoms with van der Waals surface area (Å²) in [5.74, 6) is 1.33. The highest BCUT2D eigenvalue weighted by Gasteiger charge is 2.21. The van der Waals surface area contributed by atoms with E-state index in [9.17, 15) is 9.59 Å². The van der Waals surface area contributed by atoms with E-state index in [4.69, 9.17) is 9.47 Å². The minimum Gasteiger partial charge on any atom is -0.493 e. The number of hydrogen-bond acceptors (Lipinski definition) is 5. The molecule has 0 fully saturated rings. The third kappa shape index (κ3) is 8.12. The first-order valence-corrected chi connectivity index (χ1v) is 13.2. The molecular weight excluding hydrogens is 472 g/mol. The SMILES string of the molecule is CCCN(CC(=O)N(CCc1ccc(OC)c(OC)c1)Cc1cccs1)C(=O)CCc1ccccc1. The van der Waals surface area contributed by atoms with E-state index in [1.54, 1.807) is 30.5 Å². The van der Waals surface area contributed by atoms with E-state index in [1.165, 1.54) is 0 Å². The summed E-state index contributed by atoms with van der Waals surface area (Å²) in [6.45, 7) is 3.77. The fourth-order valence-electron chi connectivity index (χ4n) is 4.06. The van der Waals surface area contributed by atoms with Gasteiger partial charge in [0.25, 0.3) is 0 Å². The third-order valence-electron chi connectivity index (χ3n) is 6.04. The van der Waals surface area contributed by atoms with Crippen molar-refractivity contribution in [1.82, 2.24) is 9.80 Å². The summed E-state index contributed by atoms with van der Waals surface area (Å²) in [7, 11) is 3.23. The van der Waals surface area contributed by atoms with Crippen LogP contribution in [0.2, 0.25) is 0 Å². The van der Waals surface area contributed by atoms with Gasteiger partial charge in [-0.25, -0.2) is 0 Å². The largest absolute Gasteiger partial charge is 0.493 e. The molecule has 36 heavy (non-hydrogen) atoms. The maximum Gasteiger partial charge on any atom is 0.242 e. The highest BCUT2D eigenvalue weighted by molar-refractivity contribution is 7.09. The number of carbonyl (C=O) groups excluding carboxylic acids is 2. The summed E-state index contributed by atoms with van der Waals surface area (Å²) in [6, 6.07) is 19.8. The lowest BCUT2D eigenvalue weighted by Crippen LogP contribution is -2.43. The Hall–Kier alpha value is -3.32. The van der Waals surface area contributed by atoms with Crippen molar-refractivity contribution < 1.29 is 19.1 Å². The number of benzene rings is 2. The molecule has 2 aromatic carbocycles. The van der Waals surface area contributed by atoms with E-state index in [1.807, 2.05) is 77.9 Å². The molecule has 1 aromatic heterocycles. The molecule has 0 spiro atoms. The maximum absolute atomic E-state index is 13.5. The Kier molecular flexibility index (Phi) is 10.8. The number of rotatable bonds is 14. The summed E-state index contributed by atoms with van der Waals surface area (Å²) in [5.41, 5.74) is 2.18. The Labute approximate surface area is 218 Å². The number of methoxy groups -OCH3 is 2. The average molecular weight is 509 g/mol. The molecule has 0 N–H and O–H groups in total. The number of nitrogens with zero attached hydrogens (tertiary/aromatic N) is 2. The molecule has 0 atom stereocenters. The van der Waals surface area contributed by atoms with Gasteiger partial charge in [-0.05, 0) is 54.0 Å². The van der Waals surface area contributed by atoms with Gasteiger partial charge in [0, 0.05) is 24.4 Å². The van der Waals surface area contributed by atoms with Crippen molar-refractivity contribution in [3.8, 4) is 11.5 Å². The normalized spacial score (nSPS) is 10.6. The van der Waals surface area contributed by atoms with Crippen molar-refractivity contribution >= 4 is 23.2 Å². The summed E-state index contributed by atoms with van der Waals surface area (Å²) >= 11 is 1.63. The number of ether oxygens (including phenoxy) is 2. The van der Waals surface area contributed by atoms with E-state index >= 15 is 0 Å². The van der Waals surface area contributed by atoms with E-state index < -0.39 is 0 Å². The number of aryl methyl sites for hydroxylation is 1. The monoisotopic (exact) mass is 508 g/mol. The van der Waals surface area contributed by atoms with Gasteiger partial charge < -0.3 is 19.3 Å². The van der Waals surface area contributed by atoms with Crippen LogP contribution in [-0.2, 0) is 29.0 Å². The van der Waals surface area contributed by atoms with Gasteiger partial charge in [0.2, 0.25) is 11.8 Å².